The van der Waals surface area contributed by atoms with Gasteiger partial charge in [0.25, 0.3) is 6.10 Å². The van der Waals surface area contributed by atoms with Crippen molar-refractivity contribution in [3.8, 4) is 5.88 Å². The van der Waals surface area contributed by atoms with E-state index in [0.29, 0.717) is 0 Å². The Balaban J connectivity index is 3.05. The average Bonchev–Trinajstić information content (AvgIpc) is 2.23. The van der Waals surface area contributed by atoms with E-state index in [9.17, 15) is 26.3 Å². The van der Waals surface area contributed by atoms with E-state index in [1.807, 2.05) is 0 Å². The minimum Gasteiger partial charge on any atom is -0.453 e. The number of hydrogen-bond donors (Lipinski definition) is 1. The third-order valence-electron chi connectivity index (χ3n) is 1.75. The number of halogens is 6. The molecule has 0 aliphatic carbocycles. The van der Waals surface area contributed by atoms with Crippen LogP contribution in [0.5, 0.6) is 5.88 Å². The summed E-state index contributed by atoms with van der Waals surface area (Å²) in [6.45, 7) is -0.397. The molecule has 0 spiro atoms. The van der Waals surface area contributed by atoms with Gasteiger partial charge in [0.2, 0.25) is 5.88 Å². The second-order valence-corrected chi connectivity index (χ2v) is 3.09. The number of rotatable bonds is 3. The molecule has 10 heteroatoms. The van der Waals surface area contributed by atoms with E-state index < -0.39 is 30.9 Å². The summed E-state index contributed by atoms with van der Waals surface area (Å²) in [6, 6.07) is 0. The Morgan fingerprint density at radius 3 is 2.00 bits per heavy atom. The molecule has 0 saturated carbocycles. The lowest BCUT2D eigenvalue weighted by atomic mass is 10.3. The molecule has 0 atom stereocenters. The van der Waals surface area contributed by atoms with Crippen molar-refractivity contribution in [1.29, 1.82) is 0 Å². The van der Waals surface area contributed by atoms with Crippen molar-refractivity contribution in [2.45, 2.75) is 25.0 Å². The molecule has 0 saturated heterocycles. The molecule has 1 aromatic heterocycles. The molecule has 2 N–H and O–H groups in total. The maximum absolute atomic E-state index is 12.2. The van der Waals surface area contributed by atoms with Crippen molar-refractivity contribution < 1.29 is 31.1 Å². The van der Waals surface area contributed by atoms with Crippen LogP contribution in [0.25, 0.3) is 0 Å². The Bertz CT molecular complexity index is 391. The molecule has 0 aliphatic rings. The van der Waals surface area contributed by atoms with Gasteiger partial charge in [0.15, 0.2) is 0 Å². The quantitative estimate of drug-likeness (QED) is 0.854. The van der Waals surface area contributed by atoms with Gasteiger partial charge in [-0.2, -0.15) is 26.3 Å². The molecule has 102 valence electrons. The summed E-state index contributed by atoms with van der Waals surface area (Å²) in [5.74, 6) is -0.889. The number of alkyl halides is 6. The first-order valence-electron chi connectivity index (χ1n) is 4.46. The van der Waals surface area contributed by atoms with Gasteiger partial charge in [-0.3, -0.25) is 4.98 Å². The van der Waals surface area contributed by atoms with Crippen LogP contribution in [0.4, 0.5) is 26.3 Å². The van der Waals surface area contributed by atoms with E-state index in [1.165, 1.54) is 0 Å². The smallest absolute Gasteiger partial charge is 0.434 e. The maximum atomic E-state index is 12.2. The van der Waals surface area contributed by atoms with Gasteiger partial charge in [0, 0.05) is 18.9 Å². The van der Waals surface area contributed by atoms with Crippen molar-refractivity contribution in [1.82, 2.24) is 9.97 Å². The Hall–Kier alpha value is -1.58. The Morgan fingerprint density at radius 1 is 1.06 bits per heavy atom. The molecule has 4 nitrogen and oxygen atoms in total. The molecule has 0 bridgehead atoms. The molecule has 0 aromatic carbocycles. The zero-order valence-electron chi connectivity index (χ0n) is 8.59. The van der Waals surface area contributed by atoms with Crippen LogP contribution >= 0.6 is 0 Å². The third-order valence-corrected chi connectivity index (χ3v) is 1.75. The van der Waals surface area contributed by atoms with Crippen molar-refractivity contribution in [2.75, 3.05) is 0 Å². The van der Waals surface area contributed by atoms with E-state index in [2.05, 4.69) is 14.7 Å². The molecule has 1 heterocycles. The zero-order chi connectivity index (χ0) is 14.0. The van der Waals surface area contributed by atoms with Gasteiger partial charge in [-0.15, -0.1) is 0 Å². The Labute approximate surface area is 96.8 Å². The lowest BCUT2D eigenvalue weighted by Crippen LogP contribution is -2.47. The summed E-state index contributed by atoms with van der Waals surface area (Å²) in [4.78, 5) is 6.72. The molecule has 1 aromatic rings. The normalized spacial score (nSPS) is 12.9. The highest BCUT2D eigenvalue weighted by Gasteiger charge is 2.59. The number of hydrogen-bond acceptors (Lipinski definition) is 4. The van der Waals surface area contributed by atoms with Crippen LogP contribution in [-0.4, -0.2) is 28.4 Å². The van der Waals surface area contributed by atoms with Crippen LogP contribution in [0.3, 0.4) is 0 Å². The predicted octanol–water partition coefficient (Wildman–Crippen LogP) is 1.81. The van der Waals surface area contributed by atoms with Gasteiger partial charge in [0.1, 0.15) is 5.69 Å². The summed E-state index contributed by atoms with van der Waals surface area (Å²) >= 11 is 0. The summed E-state index contributed by atoms with van der Waals surface area (Å²) < 4.78 is 77.1. The molecule has 0 radical (unpaired) electrons. The summed E-state index contributed by atoms with van der Waals surface area (Å²) in [5.41, 5.74) is 4.80. The van der Waals surface area contributed by atoms with Gasteiger partial charge in [0.05, 0.1) is 0 Å². The molecule has 1 rings (SSSR count). The van der Waals surface area contributed by atoms with Crippen molar-refractivity contribution in [3.63, 3.8) is 0 Å². The topological polar surface area (TPSA) is 61.0 Å². The van der Waals surface area contributed by atoms with Gasteiger partial charge in [-0.25, -0.2) is 4.98 Å². The van der Waals surface area contributed by atoms with Crippen LogP contribution in [-0.2, 0) is 6.54 Å². The van der Waals surface area contributed by atoms with Crippen LogP contribution in [0.1, 0.15) is 5.69 Å². The molecule has 18 heavy (non-hydrogen) atoms. The first-order chi connectivity index (χ1) is 8.16. The predicted molar refractivity (Wildman–Crippen MR) is 46.4 cm³/mol. The molecular weight excluding hydrogens is 268 g/mol. The first kappa shape index (κ1) is 14.5. The summed E-state index contributed by atoms with van der Waals surface area (Å²) in [6.07, 6.45) is -13.2. The van der Waals surface area contributed by atoms with Crippen molar-refractivity contribution in [3.05, 3.63) is 18.1 Å². The van der Waals surface area contributed by atoms with Crippen LogP contribution in [0, 0.1) is 0 Å². The van der Waals surface area contributed by atoms with Crippen LogP contribution in [0.2, 0.25) is 0 Å². The fourth-order valence-corrected chi connectivity index (χ4v) is 1.02. The Kier molecular flexibility index (Phi) is 3.99. The fraction of sp³-hybridized carbons (Fsp3) is 0.500. The fourth-order valence-electron chi connectivity index (χ4n) is 1.02. The third kappa shape index (κ3) is 3.45. The SMILES string of the molecule is NCc1nccnc1OC(C(F)(F)F)C(F)(F)F. The number of aromatic nitrogens is 2. The lowest BCUT2D eigenvalue weighted by Gasteiger charge is -2.23. The van der Waals surface area contributed by atoms with E-state index in [1.54, 1.807) is 0 Å². The Morgan fingerprint density at radius 2 is 1.56 bits per heavy atom. The minimum absolute atomic E-state index is 0.295. The zero-order valence-corrected chi connectivity index (χ0v) is 8.59. The second-order valence-electron chi connectivity index (χ2n) is 3.09. The highest BCUT2D eigenvalue weighted by molar-refractivity contribution is 5.17. The summed E-state index contributed by atoms with van der Waals surface area (Å²) in [7, 11) is 0. The van der Waals surface area contributed by atoms with Gasteiger partial charge < -0.3 is 10.5 Å². The van der Waals surface area contributed by atoms with E-state index >= 15 is 0 Å². The number of nitrogens with two attached hydrogens (primary N) is 1. The number of nitrogens with zero attached hydrogens (tertiary/aromatic N) is 2. The van der Waals surface area contributed by atoms with Gasteiger partial charge >= 0.3 is 12.4 Å². The van der Waals surface area contributed by atoms with Gasteiger partial charge in [-0.05, 0) is 0 Å². The van der Waals surface area contributed by atoms with Gasteiger partial charge in [-0.1, -0.05) is 0 Å². The van der Waals surface area contributed by atoms with Crippen molar-refractivity contribution in [2.24, 2.45) is 5.73 Å². The molecule has 0 unspecified atom stereocenters. The largest absolute Gasteiger partial charge is 0.453 e. The van der Waals surface area contributed by atoms with E-state index in [4.69, 9.17) is 5.73 Å². The van der Waals surface area contributed by atoms with E-state index in [-0.39, 0.29) is 5.69 Å². The lowest BCUT2D eigenvalue weighted by molar-refractivity contribution is -0.300. The molecular formula is C8H7F6N3O. The number of ether oxygens (including phenoxy) is 1. The first-order valence-corrected chi connectivity index (χ1v) is 4.46. The van der Waals surface area contributed by atoms with Crippen LogP contribution < -0.4 is 10.5 Å². The monoisotopic (exact) mass is 275 g/mol. The standard InChI is InChI=1S/C8H7F6N3O/c9-7(10,11)6(8(12,13)14)18-5-4(3-15)16-1-2-17-5/h1-2,6H,3,15H2. The highest BCUT2D eigenvalue weighted by Crippen LogP contribution is 2.36. The molecule has 0 amide bonds. The highest BCUT2D eigenvalue weighted by atomic mass is 19.4. The maximum Gasteiger partial charge on any atom is 0.434 e. The molecule has 0 fully saturated rings. The van der Waals surface area contributed by atoms with E-state index in [0.717, 1.165) is 12.4 Å². The average molecular weight is 275 g/mol. The second kappa shape index (κ2) is 4.96. The summed E-state index contributed by atoms with van der Waals surface area (Å²) in [5, 5.41) is 0. The minimum atomic E-state index is -5.61. The van der Waals surface area contributed by atoms with Crippen molar-refractivity contribution >= 4 is 0 Å². The van der Waals surface area contributed by atoms with Crippen LogP contribution in [0.15, 0.2) is 12.4 Å². The molecule has 0 aliphatic heterocycles.